The fourth-order valence-corrected chi connectivity index (χ4v) is 4.07. The van der Waals surface area contributed by atoms with Gasteiger partial charge in [-0.05, 0) is 66.7 Å². The molecule has 2 N–H and O–H groups in total. The molecule has 2 heterocycles. The molecule has 0 fully saturated rings. The summed E-state index contributed by atoms with van der Waals surface area (Å²) >= 11 is 6.78. The fourth-order valence-electron chi connectivity index (χ4n) is 2.99. The van der Waals surface area contributed by atoms with E-state index in [1.165, 1.54) is 11.3 Å². The first-order chi connectivity index (χ1) is 15.9. The Kier molecular flexibility index (Phi) is 6.95. The number of aromatic nitrogens is 4. The van der Waals surface area contributed by atoms with Gasteiger partial charge in [0.05, 0.1) is 6.61 Å². The number of aryl methyl sites for hydroxylation is 1. The molecule has 4 aromatic rings. The summed E-state index contributed by atoms with van der Waals surface area (Å²) < 4.78 is 7.42. The molecule has 33 heavy (non-hydrogen) atoms. The maximum Gasteiger partial charge on any atom is 0.257 e. The van der Waals surface area contributed by atoms with Crippen molar-refractivity contribution in [2.24, 2.45) is 5.92 Å². The number of carbonyl (C=O) groups is 1. The third-order valence-electron chi connectivity index (χ3n) is 4.69. The van der Waals surface area contributed by atoms with Gasteiger partial charge in [-0.3, -0.25) is 10.1 Å². The number of hydrogen-bond acceptors (Lipinski definition) is 7. The zero-order valence-corrected chi connectivity index (χ0v) is 20.2. The van der Waals surface area contributed by atoms with Crippen molar-refractivity contribution in [3.8, 4) is 16.3 Å². The molecule has 0 radical (unpaired) electrons. The Bertz CT molecular complexity index is 1260. The van der Waals surface area contributed by atoms with Gasteiger partial charge in [-0.25, -0.2) is 0 Å². The van der Waals surface area contributed by atoms with E-state index in [0.29, 0.717) is 18.1 Å². The normalized spacial score (nSPS) is 11.0. The second kappa shape index (κ2) is 10.1. The summed E-state index contributed by atoms with van der Waals surface area (Å²) in [6, 6.07) is 14.7. The van der Waals surface area contributed by atoms with Gasteiger partial charge in [0.2, 0.25) is 4.96 Å². The minimum absolute atomic E-state index is 0.222. The van der Waals surface area contributed by atoms with Crippen molar-refractivity contribution in [1.82, 2.24) is 25.1 Å². The average molecular weight is 481 g/mol. The molecule has 2 aromatic carbocycles. The number of anilines is 1. The van der Waals surface area contributed by atoms with Gasteiger partial charge in [-0.1, -0.05) is 32.1 Å². The first-order valence-electron chi connectivity index (χ1n) is 10.6. The minimum Gasteiger partial charge on any atom is -0.493 e. The lowest BCUT2D eigenvalue weighted by Crippen LogP contribution is -2.34. The lowest BCUT2D eigenvalue weighted by Gasteiger charge is -2.11. The summed E-state index contributed by atoms with van der Waals surface area (Å²) in [4.78, 5) is 13.2. The van der Waals surface area contributed by atoms with Crippen LogP contribution in [0.2, 0.25) is 0 Å². The highest BCUT2D eigenvalue weighted by atomic mass is 32.1. The molecule has 0 atom stereocenters. The van der Waals surface area contributed by atoms with Crippen LogP contribution in [-0.2, 0) is 6.42 Å². The molecule has 10 heteroatoms. The van der Waals surface area contributed by atoms with Crippen LogP contribution >= 0.6 is 23.6 Å². The molecule has 8 nitrogen and oxygen atoms in total. The van der Waals surface area contributed by atoms with E-state index in [4.69, 9.17) is 17.0 Å². The van der Waals surface area contributed by atoms with Crippen LogP contribution in [0.3, 0.4) is 0 Å². The van der Waals surface area contributed by atoms with Gasteiger partial charge in [0.25, 0.3) is 5.91 Å². The van der Waals surface area contributed by atoms with Crippen LogP contribution in [0.15, 0.2) is 48.5 Å². The van der Waals surface area contributed by atoms with Crippen molar-refractivity contribution in [1.29, 1.82) is 0 Å². The maximum atomic E-state index is 12.5. The molecule has 0 saturated heterocycles. The largest absolute Gasteiger partial charge is 0.493 e. The Labute approximate surface area is 201 Å². The molecule has 1 amide bonds. The summed E-state index contributed by atoms with van der Waals surface area (Å²) in [6.07, 6.45) is 0.770. The molecule has 0 saturated carbocycles. The second-order valence-corrected chi connectivity index (χ2v) is 9.15. The SMILES string of the molecule is CCc1nnc2sc(-c3ccc(NC(=S)NC(=O)c4ccc(OCC(C)C)cc4)cc3)nn12. The van der Waals surface area contributed by atoms with Crippen molar-refractivity contribution >= 4 is 45.2 Å². The average Bonchev–Trinajstić information content (AvgIpc) is 3.39. The van der Waals surface area contributed by atoms with E-state index in [0.717, 1.165) is 39.2 Å². The van der Waals surface area contributed by atoms with Crippen molar-refractivity contribution in [2.45, 2.75) is 27.2 Å². The molecule has 170 valence electrons. The molecular formula is C23H24N6O2S2. The Balaban J connectivity index is 1.34. The highest BCUT2D eigenvalue weighted by Crippen LogP contribution is 2.26. The van der Waals surface area contributed by atoms with Crippen LogP contribution in [0, 0.1) is 5.92 Å². The molecular weight excluding hydrogens is 456 g/mol. The van der Waals surface area contributed by atoms with Gasteiger partial charge in [0, 0.05) is 23.2 Å². The fraction of sp³-hybridized carbons (Fsp3) is 0.261. The van der Waals surface area contributed by atoms with Crippen molar-refractivity contribution in [3.05, 3.63) is 59.9 Å². The number of fused-ring (bicyclic) bond motifs is 1. The zero-order valence-electron chi connectivity index (χ0n) is 18.5. The van der Waals surface area contributed by atoms with Gasteiger partial charge in [0.15, 0.2) is 10.9 Å². The highest BCUT2D eigenvalue weighted by Gasteiger charge is 2.12. The smallest absolute Gasteiger partial charge is 0.257 e. The number of hydrogen-bond donors (Lipinski definition) is 2. The van der Waals surface area contributed by atoms with Gasteiger partial charge >= 0.3 is 0 Å². The lowest BCUT2D eigenvalue weighted by atomic mass is 10.2. The second-order valence-electron chi connectivity index (χ2n) is 7.79. The van der Waals surface area contributed by atoms with Crippen molar-refractivity contribution < 1.29 is 9.53 Å². The predicted octanol–water partition coefficient (Wildman–Crippen LogP) is 4.58. The molecule has 0 aliphatic carbocycles. The Morgan fingerprint density at radius 2 is 1.85 bits per heavy atom. The predicted molar refractivity (Wildman–Crippen MR) is 134 cm³/mol. The number of rotatable bonds is 7. The Hall–Kier alpha value is -3.37. The molecule has 0 spiro atoms. The molecule has 0 unspecified atom stereocenters. The minimum atomic E-state index is -0.286. The van der Waals surface area contributed by atoms with Gasteiger partial charge in [0.1, 0.15) is 10.8 Å². The van der Waals surface area contributed by atoms with E-state index >= 15 is 0 Å². The third kappa shape index (κ3) is 5.52. The number of amides is 1. The van der Waals surface area contributed by atoms with Crippen molar-refractivity contribution in [2.75, 3.05) is 11.9 Å². The number of carbonyl (C=O) groups excluding carboxylic acids is 1. The number of nitrogens with one attached hydrogen (secondary N) is 2. The monoisotopic (exact) mass is 480 g/mol. The number of benzene rings is 2. The maximum absolute atomic E-state index is 12.5. The van der Waals surface area contributed by atoms with E-state index in [-0.39, 0.29) is 11.0 Å². The van der Waals surface area contributed by atoms with Crippen LogP contribution < -0.4 is 15.4 Å². The van der Waals surface area contributed by atoms with E-state index < -0.39 is 0 Å². The summed E-state index contributed by atoms with van der Waals surface area (Å²) in [5, 5.41) is 19.7. The van der Waals surface area contributed by atoms with Crippen LogP contribution in [0.25, 0.3) is 15.5 Å². The quantitative estimate of drug-likeness (QED) is 0.374. The molecule has 0 bridgehead atoms. The third-order valence-corrected chi connectivity index (χ3v) is 5.84. The highest BCUT2D eigenvalue weighted by molar-refractivity contribution is 7.80. The topological polar surface area (TPSA) is 93.4 Å². The first kappa shape index (κ1) is 22.8. The summed E-state index contributed by atoms with van der Waals surface area (Å²) in [5.74, 6) is 1.72. The summed E-state index contributed by atoms with van der Waals surface area (Å²) in [5.41, 5.74) is 2.23. The van der Waals surface area contributed by atoms with Crippen LogP contribution in [0.5, 0.6) is 5.75 Å². The Morgan fingerprint density at radius 3 is 2.52 bits per heavy atom. The summed E-state index contributed by atoms with van der Waals surface area (Å²) in [7, 11) is 0. The molecule has 2 aromatic heterocycles. The number of nitrogens with zero attached hydrogens (tertiary/aromatic N) is 4. The molecule has 0 aliphatic heterocycles. The Morgan fingerprint density at radius 1 is 1.12 bits per heavy atom. The lowest BCUT2D eigenvalue weighted by molar-refractivity contribution is 0.0977. The van der Waals surface area contributed by atoms with E-state index in [1.54, 1.807) is 28.8 Å². The number of ether oxygens (including phenoxy) is 1. The standard InChI is InChI=1S/C23H24N6O2S2/c1-4-19-26-27-23-29(19)28-21(33-23)16-5-9-17(10-6-16)24-22(32)25-20(30)15-7-11-18(12-8-15)31-13-14(2)3/h5-12,14H,4,13H2,1-3H3,(H2,24,25,30,32). The summed E-state index contributed by atoms with van der Waals surface area (Å²) in [6.45, 7) is 6.82. The van der Waals surface area contributed by atoms with Crippen LogP contribution in [-0.4, -0.2) is 37.4 Å². The van der Waals surface area contributed by atoms with Gasteiger partial charge < -0.3 is 10.1 Å². The van der Waals surface area contributed by atoms with Crippen molar-refractivity contribution in [3.63, 3.8) is 0 Å². The van der Waals surface area contributed by atoms with E-state index in [2.05, 4.69) is 39.8 Å². The van der Waals surface area contributed by atoms with E-state index in [9.17, 15) is 4.79 Å². The van der Waals surface area contributed by atoms with Crippen LogP contribution in [0.1, 0.15) is 37.0 Å². The van der Waals surface area contributed by atoms with Gasteiger partial charge in [-0.15, -0.1) is 10.2 Å². The van der Waals surface area contributed by atoms with Gasteiger partial charge in [-0.2, -0.15) is 9.61 Å². The van der Waals surface area contributed by atoms with Crippen LogP contribution in [0.4, 0.5) is 5.69 Å². The zero-order chi connectivity index (χ0) is 23.4. The molecule has 0 aliphatic rings. The van der Waals surface area contributed by atoms with E-state index in [1.807, 2.05) is 31.2 Å². The molecule has 4 rings (SSSR count). The number of thiocarbonyl (C=S) groups is 1. The first-order valence-corrected chi connectivity index (χ1v) is 11.8.